The zero-order valence-electron chi connectivity index (χ0n) is 11.7. The fourth-order valence-corrected chi connectivity index (χ4v) is 5.76. The van der Waals surface area contributed by atoms with Gasteiger partial charge in [-0.1, -0.05) is 48.3 Å². The highest BCUT2D eigenvalue weighted by Crippen LogP contribution is 2.48. The van der Waals surface area contributed by atoms with Gasteiger partial charge in [0.2, 0.25) is 0 Å². The van der Waals surface area contributed by atoms with E-state index < -0.39 is 0 Å². The van der Waals surface area contributed by atoms with Crippen molar-refractivity contribution in [2.24, 2.45) is 17.3 Å². The van der Waals surface area contributed by atoms with Gasteiger partial charge in [0.1, 0.15) is 4.34 Å². The summed E-state index contributed by atoms with van der Waals surface area (Å²) in [4.78, 5) is 1.82. The minimum absolute atomic E-state index is 0.460. The number of halogens is 3. The number of rotatable bonds is 2. The Kier molecular flexibility index (Phi) is 5.48. The molecule has 1 unspecified atom stereocenters. The fraction of sp³-hybridized carbons (Fsp3) is 0.733. The number of thiophene rings is 1. The van der Waals surface area contributed by atoms with Crippen LogP contribution in [0.25, 0.3) is 0 Å². The summed E-state index contributed by atoms with van der Waals surface area (Å²) >= 11 is 15.2. The number of hydrogen-bond donors (Lipinski definition) is 0. The smallest absolute Gasteiger partial charge is 0.107 e. The molecule has 0 nitrogen and oxygen atoms in total. The van der Waals surface area contributed by atoms with Gasteiger partial charge in [0.15, 0.2) is 0 Å². The third-order valence-electron chi connectivity index (χ3n) is 4.35. The third-order valence-corrected chi connectivity index (χ3v) is 8.45. The molecule has 0 aromatic carbocycles. The predicted molar refractivity (Wildman–Crippen MR) is 93.6 cm³/mol. The molecule has 0 aliphatic heterocycles. The monoisotopic (exact) mass is 426 g/mol. The molecule has 0 N–H and O–H groups in total. The van der Waals surface area contributed by atoms with Crippen LogP contribution in [0.5, 0.6) is 0 Å². The van der Waals surface area contributed by atoms with Crippen molar-refractivity contribution in [2.45, 2.75) is 51.3 Å². The van der Waals surface area contributed by atoms with Crippen LogP contribution in [-0.4, -0.2) is 0 Å². The molecule has 0 amide bonds. The van der Waals surface area contributed by atoms with Gasteiger partial charge in [-0.2, -0.15) is 0 Å². The first-order valence-electron chi connectivity index (χ1n) is 6.88. The Balaban J connectivity index is 1.98. The highest BCUT2D eigenvalue weighted by atomic mass is 79.9. The zero-order chi connectivity index (χ0) is 14.2. The molecule has 0 spiro atoms. The van der Waals surface area contributed by atoms with Crippen LogP contribution in [0.15, 0.2) is 10.5 Å². The van der Waals surface area contributed by atoms with Crippen molar-refractivity contribution in [3.63, 3.8) is 0 Å². The quantitative estimate of drug-likeness (QED) is 0.429. The van der Waals surface area contributed by atoms with Gasteiger partial charge in [0.25, 0.3) is 0 Å². The lowest BCUT2D eigenvalue weighted by atomic mass is 9.69. The molecule has 0 bridgehead atoms. The van der Waals surface area contributed by atoms with Gasteiger partial charge in [0.05, 0.1) is 4.83 Å². The Morgan fingerprint density at radius 1 is 1.26 bits per heavy atom. The molecular formula is C15H21Br2ClS. The Bertz CT molecular complexity index is 408. The molecule has 2 rings (SSSR count). The second kappa shape index (κ2) is 6.37. The van der Waals surface area contributed by atoms with Gasteiger partial charge < -0.3 is 0 Å². The Labute approximate surface area is 142 Å². The van der Waals surface area contributed by atoms with Crippen molar-refractivity contribution < 1.29 is 0 Å². The van der Waals surface area contributed by atoms with Crippen molar-refractivity contribution in [1.29, 1.82) is 0 Å². The normalized spacial score (nSPS) is 26.4. The van der Waals surface area contributed by atoms with Crippen molar-refractivity contribution in [1.82, 2.24) is 0 Å². The van der Waals surface area contributed by atoms with E-state index in [1.807, 2.05) is 0 Å². The van der Waals surface area contributed by atoms with Crippen molar-refractivity contribution in [3.05, 3.63) is 19.8 Å². The molecule has 1 aliphatic rings. The van der Waals surface area contributed by atoms with E-state index in [2.05, 4.69) is 58.7 Å². The van der Waals surface area contributed by atoms with E-state index in [1.165, 1.54) is 30.6 Å². The first-order chi connectivity index (χ1) is 8.79. The summed E-state index contributed by atoms with van der Waals surface area (Å²) in [6.07, 6.45) is 5.36. The van der Waals surface area contributed by atoms with Crippen LogP contribution < -0.4 is 0 Å². The first-order valence-corrected chi connectivity index (χ1v) is 9.78. The lowest BCUT2D eigenvalue weighted by Gasteiger charge is -2.38. The molecule has 4 heteroatoms. The molecule has 1 aromatic rings. The van der Waals surface area contributed by atoms with Crippen molar-refractivity contribution >= 4 is 54.8 Å². The molecule has 1 aromatic heterocycles. The van der Waals surface area contributed by atoms with Crippen LogP contribution in [-0.2, 0) is 0 Å². The van der Waals surface area contributed by atoms with Crippen molar-refractivity contribution in [3.8, 4) is 0 Å². The Hall–Kier alpha value is 0.950. The molecule has 1 saturated carbocycles. The molecule has 1 atom stereocenters. The van der Waals surface area contributed by atoms with Crippen LogP contribution in [0.1, 0.15) is 56.2 Å². The maximum absolute atomic E-state index is 6.15. The summed E-state index contributed by atoms with van der Waals surface area (Å²) < 4.78 is 1.89. The van der Waals surface area contributed by atoms with E-state index in [9.17, 15) is 0 Å². The standard InChI is InChI=1S/C15H21Br2ClS/c1-15(2,3)10-6-4-9(5-7-10)13(17)12-8-11(16)14(18)19-12/h8-10,13H,4-7H2,1-3H3. The molecule has 0 saturated heterocycles. The maximum atomic E-state index is 6.15. The average Bonchev–Trinajstić information content (AvgIpc) is 2.68. The predicted octanol–water partition coefficient (Wildman–Crippen LogP) is 7.45. The molecule has 0 radical (unpaired) electrons. The Morgan fingerprint density at radius 3 is 2.26 bits per heavy atom. The Morgan fingerprint density at radius 2 is 1.84 bits per heavy atom. The number of hydrogen-bond acceptors (Lipinski definition) is 1. The topological polar surface area (TPSA) is 0 Å². The second-order valence-corrected chi connectivity index (χ2v) is 10.2. The van der Waals surface area contributed by atoms with E-state index in [4.69, 9.17) is 11.6 Å². The van der Waals surface area contributed by atoms with Crippen molar-refractivity contribution in [2.75, 3.05) is 0 Å². The second-order valence-electron chi connectivity index (χ2n) is 6.65. The largest absolute Gasteiger partial charge is 0.126 e. The van der Waals surface area contributed by atoms with E-state index in [-0.39, 0.29) is 0 Å². The highest BCUT2D eigenvalue weighted by molar-refractivity contribution is 9.10. The van der Waals surface area contributed by atoms with E-state index in [1.54, 1.807) is 11.3 Å². The molecule has 19 heavy (non-hydrogen) atoms. The summed E-state index contributed by atoms with van der Waals surface area (Å²) in [5.74, 6) is 1.63. The zero-order valence-corrected chi connectivity index (χ0v) is 16.4. The minimum atomic E-state index is 0.460. The molecule has 1 fully saturated rings. The summed E-state index contributed by atoms with van der Waals surface area (Å²) in [7, 11) is 0. The van der Waals surface area contributed by atoms with Crippen LogP contribution in [0, 0.1) is 17.3 Å². The van der Waals surface area contributed by atoms with Gasteiger partial charge >= 0.3 is 0 Å². The summed E-state index contributed by atoms with van der Waals surface area (Å²) in [5, 5.41) is 0. The van der Waals surface area contributed by atoms with Gasteiger partial charge in [-0.05, 0) is 64.9 Å². The van der Waals surface area contributed by atoms with Gasteiger partial charge in [-0.25, -0.2) is 0 Å². The van der Waals surface area contributed by atoms with Crippen LogP contribution in [0.4, 0.5) is 0 Å². The highest BCUT2D eigenvalue weighted by Gasteiger charge is 2.33. The third kappa shape index (κ3) is 3.99. The van der Waals surface area contributed by atoms with Gasteiger partial charge in [-0.3, -0.25) is 0 Å². The number of alkyl halides is 1. The fourth-order valence-electron chi connectivity index (χ4n) is 3.01. The van der Waals surface area contributed by atoms with Crippen LogP contribution in [0.2, 0.25) is 4.34 Å². The minimum Gasteiger partial charge on any atom is -0.126 e. The van der Waals surface area contributed by atoms with Gasteiger partial charge in [0, 0.05) is 9.35 Å². The first kappa shape index (κ1) is 16.3. The van der Waals surface area contributed by atoms with Crippen LogP contribution in [0.3, 0.4) is 0 Å². The van der Waals surface area contributed by atoms with Gasteiger partial charge in [-0.15, -0.1) is 11.3 Å². The summed E-state index contributed by atoms with van der Waals surface area (Å²) in [6, 6.07) is 2.17. The lowest BCUT2D eigenvalue weighted by molar-refractivity contribution is 0.150. The molecule has 1 aliphatic carbocycles. The summed E-state index contributed by atoms with van der Waals surface area (Å²) in [6.45, 7) is 7.12. The SMILES string of the molecule is CC(C)(C)C1CCC(C(Br)c2cc(Br)c(Cl)s2)CC1. The molecular weight excluding hydrogens is 407 g/mol. The van der Waals surface area contributed by atoms with Crippen LogP contribution >= 0.6 is 54.8 Å². The summed E-state index contributed by atoms with van der Waals surface area (Å²) in [5.41, 5.74) is 0.460. The van der Waals surface area contributed by atoms with E-state index >= 15 is 0 Å². The maximum Gasteiger partial charge on any atom is 0.107 e. The van der Waals surface area contributed by atoms with E-state index in [0.29, 0.717) is 10.2 Å². The average molecular weight is 429 g/mol. The molecule has 108 valence electrons. The van der Waals surface area contributed by atoms with E-state index in [0.717, 1.165) is 20.6 Å². The lowest BCUT2D eigenvalue weighted by Crippen LogP contribution is -2.26. The molecule has 1 heterocycles.